The number of hydrogen-bond donors (Lipinski definition) is 1. The van der Waals surface area contributed by atoms with Crippen molar-refractivity contribution in [3.05, 3.63) is 40.1 Å². The van der Waals surface area contributed by atoms with Gasteiger partial charge in [-0.2, -0.15) is 5.10 Å². The molecule has 6 nitrogen and oxygen atoms in total. The van der Waals surface area contributed by atoms with E-state index in [4.69, 9.17) is 0 Å². The molecule has 2 rings (SSSR count). The van der Waals surface area contributed by atoms with E-state index in [0.29, 0.717) is 10.7 Å². The van der Waals surface area contributed by atoms with Crippen LogP contribution in [-0.4, -0.2) is 19.8 Å². The van der Waals surface area contributed by atoms with Gasteiger partial charge in [-0.3, -0.25) is 14.8 Å². The molecule has 0 atom stereocenters. The number of aromatic hydroxyl groups is 1. The van der Waals surface area contributed by atoms with Gasteiger partial charge in [0, 0.05) is 17.9 Å². The van der Waals surface area contributed by atoms with Crippen LogP contribution in [-0.2, 0) is 7.05 Å². The molecule has 0 saturated heterocycles. The molecule has 1 heterocycles. The predicted molar refractivity (Wildman–Crippen MR) is 76.2 cm³/mol. The monoisotopic (exact) mass is 293 g/mol. The molecule has 0 aliphatic rings. The fourth-order valence-electron chi connectivity index (χ4n) is 1.85. The topological polar surface area (TPSA) is 81.2 Å². The maximum absolute atomic E-state index is 11.3. The zero-order valence-electron chi connectivity index (χ0n) is 11.4. The molecule has 0 fully saturated rings. The minimum absolute atomic E-state index is 0.0277. The molecule has 0 spiro atoms. The molecule has 0 aliphatic heterocycles. The molecule has 1 aromatic heterocycles. The molecule has 2 aromatic rings. The standard InChI is InChI=1S/C13H15N3O3S/c1-8(2)11-12(16(18)19)13(15(3)14-11)20-10-6-4-5-9(17)7-10/h4-8,17H,1-3H3. The van der Waals surface area contributed by atoms with E-state index in [0.717, 1.165) is 4.90 Å². The van der Waals surface area contributed by atoms with Crippen molar-refractivity contribution in [2.45, 2.75) is 29.7 Å². The second-order valence-electron chi connectivity index (χ2n) is 4.67. The van der Waals surface area contributed by atoms with Gasteiger partial charge in [0.2, 0.25) is 0 Å². The second kappa shape index (κ2) is 5.54. The second-order valence-corrected chi connectivity index (χ2v) is 5.74. The molecule has 0 aliphatic carbocycles. The van der Waals surface area contributed by atoms with Crippen molar-refractivity contribution in [1.82, 2.24) is 9.78 Å². The summed E-state index contributed by atoms with van der Waals surface area (Å²) in [6.07, 6.45) is 0. The van der Waals surface area contributed by atoms with Gasteiger partial charge < -0.3 is 5.11 Å². The van der Waals surface area contributed by atoms with Crippen molar-refractivity contribution in [2.75, 3.05) is 0 Å². The number of nitrogens with zero attached hydrogens (tertiary/aromatic N) is 3. The van der Waals surface area contributed by atoms with Gasteiger partial charge in [0.25, 0.3) is 0 Å². The first-order chi connectivity index (χ1) is 9.40. The van der Waals surface area contributed by atoms with E-state index in [1.165, 1.54) is 16.4 Å². The van der Waals surface area contributed by atoms with Crippen LogP contribution in [0.2, 0.25) is 0 Å². The third kappa shape index (κ3) is 2.77. The quantitative estimate of drug-likeness (QED) is 0.691. The van der Waals surface area contributed by atoms with Crippen LogP contribution < -0.4 is 0 Å². The van der Waals surface area contributed by atoms with Crippen LogP contribution in [0.25, 0.3) is 0 Å². The number of phenolic OH excluding ortho intramolecular Hbond substituents is 1. The van der Waals surface area contributed by atoms with Crippen LogP contribution in [0.3, 0.4) is 0 Å². The maximum Gasteiger partial charge on any atom is 0.324 e. The van der Waals surface area contributed by atoms with Crippen molar-refractivity contribution in [2.24, 2.45) is 7.05 Å². The van der Waals surface area contributed by atoms with E-state index in [-0.39, 0.29) is 17.4 Å². The molecule has 106 valence electrons. The van der Waals surface area contributed by atoms with Crippen LogP contribution in [0.4, 0.5) is 5.69 Å². The lowest BCUT2D eigenvalue weighted by Gasteiger charge is -2.02. The summed E-state index contributed by atoms with van der Waals surface area (Å²) in [6, 6.07) is 6.61. The molecule has 0 amide bonds. The van der Waals surface area contributed by atoms with E-state index in [2.05, 4.69) is 5.10 Å². The highest BCUT2D eigenvalue weighted by Gasteiger charge is 2.28. The summed E-state index contributed by atoms with van der Waals surface area (Å²) < 4.78 is 1.52. The Morgan fingerprint density at radius 2 is 2.15 bits per heavy atom. The first-order valence-corrected chi connectivity index (χ1v) is 6.90. The lowest BCUT2D eigenvalue weighted by atomic mass is 10.1. The summed E-state index contributed by atoms with van der Waals surface area (Å²) in [5, 5.41) is 25.5. The SMILES string of the molecule is CC(C)c1nn(C)c(Sc2cccc(O)c2)c1[N+](=O)[O-]. The van der Waals surface area contributed by atoms with Crippen LogP contribution in [0, 0.1) is 10.1 Å². The fraction of sp³-hybridized carbons (Fsp3) is 0.308. The molecule has 20 heavy (non-hydrogen) atoms. The third-order valence-corrected chi connectivity index (χ3v) is 3.90. The number of benzene rings is 1. The van der Waals surface area contributed by atoms with Gasteiger partial charge in [-0.1, -0.05) is 31.7 Å². The van der Waals surface area contributed by atoms with Gasteiger partial charge in [0.05, 0.1) is 4.92 Å². The Labute approximate surface area is 120 Å². The van der Waals surface area contributed by atoms with Crippen molar-refractivity contribution >= 4 is 17.4 Å². The third-order valence-electron chi connectivity index (χ3n) is 2.76. The van der Waals surface area contributed by atoms with Crippen LogP contribution >= 0.6 is 11.8 Å². The minimum atomic E-state index is -0.395. The highest BCUT2D eigenvalue weighted by atomic mass is 32.2. The molecule has 0 bridgehead atoms. The van der Waals surface area contributed by atoms with E-state index in [1.807, 2.05) is 13.8 Å². The van der Waals surface area contributed by atoms with Crippen molar-refractivity contribution in [1.29, 1.82) is 0 Å². The Balaban J connectivity index is 2.48. The van der Waals surface area contributed by atoms with E-state index >= 15 is 0 Å². The lowest BCUT2D eigenvalue weighted by molar-refractivity contribution is -0.388. The van der Waals surface area contributed by atoms with Crippen molar-refractivity contribution in [3.63, 3.8) is 0 Å². The number of aryl methyl sites for hydroxylation is 1. The van der Waals surface area contributed by atoms with Gasteiger partial charge in [0.15, 0.2) is 5.03 Å². The highest BCUT2D eigenvalue weighted by Crippen LogP contribution is 2.39. The molecule has 7 heteroatoms. The Kier molecular flexibility index (Phi) is 3.99. The number of hydrogen-bond acceptors (Lipinski definition) is 5. The minimum Gasteiger partial charge on any atom is -0.508 e. The smallest absolute Gasteiger partial charge is 0.324 e. The average molecular weight is 293 g/mol. The number of nitro groups is 1. The van der Waals surface area contributed by atoms with E-state index < -0.39 is 4.92 Å². The highest BCUT2D eigenvalue weighted by molar-refractivity contribution is 7.99. The molecule has 0 saturated carbocycles. The first kappa shape index (κ1) is 14.4. The van der Waals surface area contributed by atoms with Crippen LogP contribution in [0.1, 0.15) is 25.5 Å². The largest absolute Gasteiger partial charge is 0.508 e. The summed E-state index contributed by atoms with van der Waals surface area (Å²) in [6.45, 7) is 3.75. The number of rotatable bonds is 4. The van der Waals surface area contributed by atoms with Crippen molar-refractivity contribution < 1.29 is 10.0 Å². The Bertz CT molecular complexity index is 652. The van der Waals surface area contributed by atoms with Crippen molar-refractivity contribution in [3.8, 4) is 5.75 Å². The Morgan fingerprint density at radius 3 is 2.70 bits per heavy atom. The number of phenols is 1. The molecular formula is C13H15N3O3S. The normalized spacial score (nSPS) is 11.0. The Morgan fingerprint density at radius 1 is 1.45 bits per heavy atom. The molecule has 1 aromatic carbocycles. The van der Waals surface area contributed by atoms with E-state index in [1.54, 1.807) is 31.3 Å². The molecule has 0 radical (unpaired) electrons. The van der Waals surface area contributed by atoms with Gasteiger partial charge in [-0.05, 0) is 18.2 Å². The summed E-state index contributed by atoms with van der Waals surface area (Å²) in [7, 11) is 1.68. The zero-order chi connectivity index (χ0) is 14.9. The first-order valence-electron chi connectivity index (χ1n) is 6.08. The van der Waals surface area contributed by atoms with Crippen LogP contribution in [0.5, 0.6) is 5.75 Å². The average Bonchev–Trinajstić information content (AvgIpc) is 2.67. The zero-order valence-corrected chi connectivity index (χ0v) is 12.2. The van der Waals surface area contributed by atoms with Gasteiger partial charge in [0.1, 0.15) is 11.4 Å². The predicted octanol–water partition coefficient (Wildman–Crippen LogP) is 3.31. The molecule has 0 unspecified atom stereocenters. The number of aromatic nitrogens is 2. The van der Waals surface area contributed by atoms with Crippen LogP contribution in [0.15, 0.2) is 34.2 Å². The van der Waals surface area contributed by atoms with Gasteiger partial charge in [-0.25, -0.2) is 0 Å². The maximum atomic E-state index is 11.3. The fourth-order valence-corrected chi connectivity index (χ4v) is 2.85. The Hall–Kier alpha value is -2.02. The van der Waals surface area contributed by atoms with E-state index in [9.17, 15) is 15.2 Å². The van der Waals surface area contributed by atoms with Gasteiger partial charge in [-0.15, -0.1) is 0 Å². The summed E-state index contributed by atoms with van der Waals surface area (Å²) in [4.78, 5) is 11.6. The molecule has 1 N–H and O–H groups in total. The lowest BCUT2D eigenvalue weighted by Crippen LogP contribution is -1.95. The summed E-state index contributed by atoms with van der Waals surface area (Å²) >= 11 is 1.22. The van der Waals surface area contributed by atoms with Gasteiger partial charge >= 0.3 is 5.69 Å². The summed E-state index contributed by atoms with van der Waals surface area (Å²) in [5.41, 5.74) is 0.510. The summed E-state index contributed by atoms with van der Waals surface area (Å²) in [5.74, 6) is 0.101. The molecular weight excluding hydrogens is 278 g/mol.